The van der Waals surface area contributed by atoms with Crippen molar-refractivity contribution in [3.63, 3.8) is 0 Å². The van der Waals surface area contributed by atoms with E-state index in [1.54, 1.807) is 0 Å². The van der Waals surface area contributed by atoms with Crippen molar-refractivity contribution in [2.75, 3.05) is 12.3 Å². The number of nitrogens with one attached hydrogen (secondary N) is 2. The molecule has 0 saturated carbocycles. The van der Waals surface area contributed by atoms with E-state index in [1.165, 1.54) is 0 Å². The molecule has 0 spiro atoms. The predicted octanol–water partition coefficient (Wildman–Crippen LogP) is 0.832. The van der Waals surface area contributed by atoms with Crippen molar-refractivity contribution in [2.24, 2.45) is 16.5 Å². The van der Waals surface area contributed by atoms with Crippen molar-refractivity contribution in [1.29, 1.82) is 0 Å². The van der Waals surface area contributed by atoms with Crippen LogP contribution in [-0.4, -0.2) is 22.5 Å². The molecule has 7 heteroatoms. The number of hydrogen-bond acceptors (Lipinski definition) is 3. The molecule has 0 aliphatic carbocycles. The molecular weight excluding hydrogens is 290 g/mol. The summed E-state index contributed by atoms with van der Waals surface area (Å²) in [5, 5.41) is 1.13. The highest BCUT2D eigenvalue weighted by molar-refractivity contribution is 5.94. The maximum Gasteiger partial charge on any atom is 0.292 e. The van der Waals surface area contributed by atoms with Crippen LogP contribution in [-0.2, 0) is 6.42 Å². The van der Waals surface area contributed by atoms with Gasteiger partial charge in [-0.1, -0.05) is 18.2 Å². The normalized spacial score (nSPS) is 10.8. The van der Waals surface area contributed by atoms with Crippen LogP contribution in [0.3, 0.4) is 0 Å². The summed E-state index contributed by atoms with van der Waals surface area (Å²) >= 11 is 0. The van der Waals surface area contributed by atoms with Crippen molar-refractivity contribution in [1.82, 2.24) is 9.97 Å². The van der Waals surface area contributed by atoms with Crippen LogP contribution in [0, 0.1) is 0 Å². The average Bonchev–Trinajstić information content (AvgIpc) is 2.97. The molecule has 0 aliphatic heterocycles. The van der Waals surface area contributed by atoms with Crippen LogP contribution in [0.2, 0.25) is 0 Å². The van der Waals surface area contributed by atoms with Crippen LogP contribution in [0.5, 0.6) is 0 Å². The lowest BCUT2D eigenvalue weighted by Gasteiger charge is -2.03. The van der Waals surface area contributed by atoms with E-state index in [9.17, 15) is 0 Å². The van der Waals surface area contributed by atoms with Crippen LogP contribution in [0.25, 0.3) is 22.2 Å². The topological polar surface area (TPSA) is 133 Å². The number of benzene rings is 1. The number of aromatic amines is 2. The molecular formula is C16H20N7+. The Bertz CT molecular complexity index is 847. The van der Waals surface area contributed by atoms with Gasteiger partial charge >= 0.3 is 0 Å². The van der Waals surface area contributed by atoms with E-state index in [-0.39, 0.29) is 5.96 Å². The van der Waals surface area contributed by atoms with Crippen LogP contribution < -0.4 is 22.2 Å². The molecule has 2 heterocycles. The molecule has 0 saturated heterocycles. The predicted molar refractivity (Wildman–Crippen MR) is 91.5 cm³/mol. The third kappa shape index (κ3) is 3.23. The van der Waals surface area contributed by atoms with Crippen molar-refractivity contribution in [2.45, 2.75) is 12.8 Å². The molecule has 0 atom stereocenters. The molecule has 0 radical (unpaired) electrons. The molecule has 8 N–H and O–H groups in total. The quantitative estimate of drug-likeness (QED) is 0.315. The fraction of sp³-hybridized carbons (Fsp3) is 0.188. The highest BCUT2D eigenvalue weighted by Crippen LogP contribution is 2.26. The van der Waals surface area contributed by atoms with Gasteiger partial charge in [-0.25, -0.2) is 9.97 Å². The van der Waals surface area contributed by atoms with E-state index < -0.39 is 0 Å². The third-order valence-electron chi connectivity index (χ3n) is 3.66. The molecule has 0 fully saturated rings. The number of aliphatic imine (C=N–C) groups is 1. The lowest BCUT2D eigenvalue weighted by Crippen LogP contribution is -2.23. The highest BCUT2D eigenvalue weighted by Gasteiger charge is 2.13. The first-order valence-electron chi connectivity index (χ1n) is 7.44. The second-order valence-corrected chi connectivity index (χ2v) is 5.30. The Labute approximate surface area is 133 Å². The maximum absolute atomic E-state index is 5.99. The summed E-state index contributed by atoms with van der Waals surface area (Å²) in [6, 6.07) is 8.12. The summed E-state index contributed by atoms with van der Waals surface area (Å²) < 4.78 is 0. The van der Waals surface area contributed by atoms with Crippen molar-refractivity contribution < 1.29 is 4.98 Å². The van der Waals surface area contributed by atoms with Crippen molar-refractivity contribution in [3.8, 4) is 11.3 Å². The maximum atomic E-state index is 5.99. The van der Waals surface area contributed by atoms with Crippen LogP contribution in [0.15, 0.2) is 41.7 Å². The number of nitrogens with zero attached hydrogens (tertiary/aromatic N) is 2. The SMILES string of the molecule is NC(N)=NCCCc1nc(-c2c[nH]c3ccccc23)c[nH+]c1N. The molecule has 0 amide bonds. The molecule has 3 aromatic rings. The zero-order valence-electron chi connectivity index (χ0n) is 12.7. The van der Waals surface area contributed by atoms with E-state index >= 15 is 0 Å². The monoisotopic (exact) mass is 310 g/mol. The molecule has 2 aromatic heterocycles. The Kier molecular flexibility index (Phi) is 4.09. The van der Waals surface area contributed by atoms with Gasteiger partial charge in [0.1, 0.15) is 17.6 Å². The van der Waals surface area contributed by atoms with Gasteiger partial charge in [0, 0.05) is 29.2 Å². The molecule has 0 unspecified atom stereocenters. The summed E-state index contributed by atoms with van der Waals surface area (Å²) in [7, 11) is 0. The summed E-state index contributed by atoms with van der Waals surface area (Å²) in [6.07, 6.45) is 5.26. The summed E-state index contributed by atoms with van der Waals surface area (Å²) in [4.78, 5) is 15.0. The van der Waals surface area contributed by atoms with Crippen LogP contribution >= 0.6 is 0 Å². The van der Waals surface area contributed by atoms with Crippen LogP contribution in [0.4, 0.5) is 5.82 Å². The highest BCUT2D eigenvalue weighted by atomic mass is 15.0. The van der Waals surface area contributed by atoms with E-state index in [2.05, 4.69) is 21.0 Å². The van der Waals surface area contributed by atoms with E-state index in [1.807, 2.05) is 30.6 Å². The number of nitrogens with two attached hydrogens (primary N) is 3. The molecule has 0 aliphatic rings. The van der Waals surface area contributed by atoms with Gasteiger partial charge in [0.05, 0.1) is 0 Å². The minimum atomic E-state index is 0.102. The number of hydrogen-bond donors (Lipinski definition) is 4. The zero-order valence-corrected chi connectivity index (χ0v) is 12.7. The lowest BCUT2D eigenvalue weighted by molar-refractivity contribution is -0.361. The first-order valence-corrected chi connectivity index (χ1v) is 7.44. The van der Waals surface area contributed by atoms with Gasteiger partial charge in [-0.05, 0) is 18.9 Å². The molecule has 1 aromatic carbocycles. The van der Waals surface area contributed by atoms with E-state index in [0.717, 1.165) is 34.3 Å². The van der Waals surface area contributed by atoms with Gasteiger partial charge in [0.15, 0.2) is 5.96 Å². The number of rotatable bonds is 5. The fourth-order valence-corrected chi connectivity index (χ4v) is 2.53. The Morgan fingerprint density at radius 1 is 1.26 bits per heavy atom. The largest absolute Gasteiger partial charge is 0.370 e. The first kappa shape index (κ1) is 14.8. The smallest absolute Gasteiger partial charge is 0.292 e. The number of fused-ring (bicyclic) bond motifs is 1. The molecule has 23 heavy (non-hydrogen) atoms. The van der Waals surface area contributed by atoms with Gasteiger partial charge in [0.25, 0.3) is 5.82 Å². The third-order valence-corrected chi connectivity index (χ3v) is 3.66. The second kappa shape index (κ2) is 6.35. The first-order chi connectivity index (χ1) is 11.1. The number of guanidine groups is 1. The average molecular weight is 310 g/mol. The molecule has 0 bridgehead atoms. The number of anilines is 1. The van der Waals surface area contributed by atoms with E-state index in [4.69, 9.17) is 22.2 Å². The van der Waals surface area contributed by atoms with Gasteiger partial charge in [0.2, 0.25) is 0 Å². The standard InChI is InChI=1S/C16H19N7/c17-15-13(6-3-7-20-16(18)19)23-14(9-22-15)11-8-21-12-5-2-1-4-10(11)12/h1-2,4-5,8-9,21H,3,6-7H2,(H2,17,22)(H4,18,19,20)/p+1. The summed E-state index contributed by atoms with van der Waals surface area (Å²) in [5.74, 6) is 0.670. The number of H-pyrrole nitrogens is 2. The number of nitrogen functional groups attached to an aromatic ring is 1. The van der Waals surface area contributed by atoms with Gasteiger partial charge < -0.3 is 16.5 Å². The number of aromatic nitrogens is 3. The Morgan fingerprint density at radius 2 is 2.09 bits per heavy atom. The molecule has 3 rings (SSSR count). The Hall–Kier alpha value is -3.09. The summed E-state index contributed by atoms with van der Waals surface area (Å²) in [6.45, 7) is 0.556. The minimum absolute atomic E-state index is 0.102. The van der Waals surface area contributed by atoms with Gasteiger partial charge in [-0.2, -0.15) is 0 Å². The van der Waals surface area contributed by atoms with Crippen LogP contribution in [0.1, 0.15) is 12.1 Å². The second-order valence-electron chi connectivity index (χ2n) is 5.30. The van der Waals surface area contributed by atoms with Gasteiger partial charge in [-0.15, -0.1) is 0 Å². The molecule has 7 nitrogen and oxygen atoms in total. The van der Waals surface area contributed by atoms with Gasteiger partial charge in [-0.3, -0.25) is 10.7 Å². The lowest BCUT2D eigenvalue weighted by atomic mass is 10.1. The van der Waals surface area contributed by atoms with Crippen molar-refractivity contribution >= 4 is 22.7 Å². The Balaban J connectivity index is 1.86. The minimum Gasteiger partial charge on any atom is -0.370 e. The Morgan fingerprint density at radius 3 is 2.91 bits per heavy atom. The van der Waals surface area contributed by atoms with Crippen molar-refractivity contribution in [3.05, 3.63) is 42.4 Å². The zero-order chi connectivity index (χ0) is 16.2. The number of para-hydroxylation sites is 1. The fourth-order valence-electron chi connectivity index (χ4n) is 2.53. The number of aryl methyl sites for hydroxylation is 1. The van der Waals surface area contributed by atoms with E-state index in [0.29, 0.717) is 18.8 Å². The molecule has 118 valence electrons. The summed E-state index contributed by atoms with van der Waals surface area (Å²) in [5.41, 5.74) is 20.4.